The molecular formula is C14H18N2O2. The number of ether oxygens (including phenoxy) is 1. The first kappa shape index (κ1) is 11.5. The predicted molar refractivity (Wildman–Crippen MR) is 68.2 cm³/mol. The van der Waals surface area contributed by atoms with Crippen molar-refractivity contribution in [2.24, 2.45) is 5.92 Å². The second-order valence-corrected chi connectivity index (χ2v) is 5.11. The fourth-order valence-electron chi connectivity index (χ4n) is 2.74. The molecule has 2 fully saturated rings. The number of rotatable bonds is 3. The minimum absolute atomic E-state index is 0.0383. The van der Waals surface area contributed by atoms with Gasteiger partial charge in [0.2, 0.25) is 5.91 Å². The molecular weight excluding hydrogens is 228 g/mol. The van der Waals surface area contributed by atoms with Gasteiger partial charge in [0.25, 0.3) is 0 Å². The summed E-state index contributed by atoms with van der Waals surface area (Å²) < 4.78 is 5.39. The van der Waals surface area contributed by atoms with Crippen LogP contribution in [-0.4, -0.2) is 30.5 Å². The summed E-state index contributed by atoms with van der Waals surface area (Å²) in [5, 5.41) is 3.29. The fraction of sp³-hybridized carbons (Fsp3) is 0.500. The Balaban J connectivity index is 1.93. The molecule has 0 bridgehead atoms. The second-order valence-electron chi connectivity index (χ2n) is 5.11. The lowest BCUT2D eigenvalue weighted by Gasteiger charge is -2.26. The molecule has 1 N–H and O–H groups in total. The van der Waals surface area contributed by atoms with E-state index in [4.69, 9.17) is 4.74 Å². The summed E-state index contributed by atoms with van der Waals surface area (Å²) in [6, 6.07) is 8.28. The molecule has 18 heavy (non-hydrogen) atoms. The van der Waals surface area contributed by atoms with Crippen molar-refractivity contribution in [3.05, 3.63) is 29.8 Å². The number of nitrogens with one attached hydrogen (secondary N) is 1. The number of amides is 1. The van der Waals surface area contributed by atoms with E-state index in [2.05, 4.69) is 12.2 Å². The molecule has 4 heteroatoms. The highest BCUT2D eigenvalue weighted by Crippen LogP contribution is 2.42. The van der Waals surface area contributed by atoms with Crippen LogP contribution in [0, 0.1) is 5.92 Å². The van der Waals surface area contributed by atoms with Gasteiger partial charge in [-0.1, -0.05) is 25.1 Å². The van der Waals surface area contributed by atoms with Gasteiger partial charge in [-0.05, 0) is 18.4 Å². The Morgan fingerprint density at radius 2 is 2.11 bits per heavy atom. The Bertz CT molecular complexity index is 475. The SMILES string of the molecule is COc1ccccc1C1NCC(=O)N1C1CC1C. The lowest BCUT2D eigenvalue weighted by Crippen LogP contribution is -2.33. The van der Waals surface area contributed by atoms with E-state index >= 15 is 0 Å². The molecule has 4 nitrogen and oxygen atoms in total. The highest BCUT2D eigenvalue weighted by atomic mass is 16.5. The molecule has 96 valence electrons. The molecule has 0 radical (unpaired) electrons. The van der Waals surface area contributed by atoms with Crippen molar-refractivity contribution in [3.63, 3.8) is 0 Å². The van der Waals surface area contributed by atoms with E-state index in [0.29, 0.717) is 18.5 Å². The topological polar surface area (TPSA) is 41.6 Å². The molecule has 1 aliphatic heterocycles. The van der Waals surface area contributed by atoms with Crippen LogP contribution in [0.2, 0.25) is 0 Å². The number of benzene rings is 1. The minimum atomic E-state index is -0.0383. The zero-order chi connectivity index (χ0) is 12.7. The zero-order valence-electron chi connectivity index (χ0n) is 10.7. The summed E-state index contributed by atoms with van der Waals surface area (Å²) in [6.07, 6.45) is 1.07. The number of para-hydroxylation sites is 1. The van der Waals surface area contributed by atoms with Crippen LogP contribution in [-0.2, 0) is 4.79 Å². The van der Waals surface area contributed by atoms with E-state index in [1.54, 1.807) is 7.11 Å². The molecule has 0 spiro atoms. The number of methoxy groups -OCH3 is 1. The standard InChI is InChI=1S/C14H18N2O2/c1-9-7-11(9)16-13(17)8-15-14(16)10-5-3-4-6-12(10)18-2/h3-6,9,11,14-15H,7-8H2,1-2H3. The van der Waals surface area contributed by atoms with Crippen LogP contribution in [0.3, 0.4) is 0 Å². The van der Waals surface area contributed by atoms with E-state index in [1.807, 2.05) is 29.2 Å². The van der Waals surface area contributed by atoms with Crippen LogP contribution in [0.25, 0.3) is 0 Å². The maximum atomic E-state index is 12.0. The van der Waals surface area contributed by atoms with Crippen LogP contribution in [0.15, 0.2) is 24.3 Å². The Hall–Kier alpha value is -1.55. The maximum absolute atomic E-state index is 12.0. The predicted octanol–water partition coefficient (Wildman–Crippen LogP) is 1.53. The summed E-state index contributed by atoms with van der Waals surface area (Å²) in [5.41, 5.74) is 1.05. The average molecular weight is 246 g/mol. The number of hydrogen-bond acceptors (Lipinski definition) is 3. The van der Waals surface area contributed by atoms with E-state index in [1.165, 1.54) is 0 Å². The molecule has 0 aromatic heterocycles. The molecule has 2 aliphatic rings. The lowest BCUT2D eigenvalue weighted by molar-refractivity contribution is -0.128. The van der Waals surface area contributed by atoms with Crippen LogP contribution < -0.4 is 10.1 Å². The Kier molecular flexibility index (Phi) is 2.74. The molecule has 1 heterocycles. The third kappa shape index (κ3) is 1.77. The van der Waals surface area contributed by atoms with Crippen molar-refractivity contribution in [1.82, 2.24) is 10.2 Å². The molecule has 1 saturated carbocycles. The van der Waals surface area contributed by atoms with Crippen molar-refractivity contribution in [3.8, 4) is 5.75 Å². The van der Waals surface area contributed by atoms with Crippen molar-refractivity contribution >= 4 is 5.91 Å². The molecule has 3 atom stereocenters. The average Bonchev–Trinajstić information content (AvgIpc) is 2.97. The number of carbonyl (C=O) groups excluding carboxylic acids is 1. The van der Waals surface area contributed by atoms with Gasteiger partial charge in [-0.15, -0.1) is 0 Å². The van der Waals surface area contributed by atoms with Crippen LogP contribution >= 0.6 is 0 Å². The Morgan fingerprint density at radius 3 is 2.78 bits per heavy atom. The summed E-state index contributed by atoms with van der Waals surface area (Å²) in [7, 11) is 1.67. The maximum Gasteiger partial charge on any atom is 0.238 e. The highest BCUT2D eigenvalue weighted by molar-refractivity contribution is 5.81. The monoisotopic (exact) mass is 246 g/mol. The summed E-state index contributed by atoms with van der Waals surface area (Å²) in [4.78, 5) is 14.0. The van der Waals surface area contributed by atoms with Gasteiger partial charge >= 0.3 is 0 Å². The van der Waals surface area contributed by atoms with Crippen molar-refractivity contribution in [2.45, 2.75) is 25.6 Å². The number of hydrogen-bond donors (Lipinski definition) is 1. The van der Waals surface area contributed by atoms with Crippen molar-refractivity contribution in [1.29, 1.82) is 0 Å². The largest absolute Gasteiger partial charge is 0.496 e. The molecule has 1 aromatic carbocycles. The quantitative estimate of drug-likeness (QED) is 0.879. The van der Waals surface area contributed by atoms with Gasteiger partial charge in [0, 0.05) is 11.6 Å². The van der Waals surface area contributed by atoms with Gasteiger partial charge < -0.3 is 9.64 Å². The normalized spacial score (nSPS) is 30.7. The van der Waals surface area contributed by atoms with E-state index in [0.717, 1.165) is 17.7 Å². The van der Waals surface area contributed by atoms with Gasteiger partial charge in [0.15, 0.2) is 0 Å². The summed E-state index contributed by atoms with van der Waals surface area (Å²) >= 11 is 0. The summed E-state index contributed by atoms with van der Waals surface area (Å²) in [6.45, 7) is 2.61. The third-order valence-electron chi connectivity index (χ3n) is 3.87. The fourth-order valence-corrected chi connectivity index (χ4v) is 2.74. The molecule has 1 aromatic rings. The summed E-state index contributed by atoms with van der Waals surface area (Å²) in [5.74, 6) is 1.65. The second kappa shape index (κ2) is 4.28. The van der Waals surface area contributed by atoms with Crippen LogP contribution in [0.4, 0.5) is 0 Å². The molecule has 3 unspecified atom stereocenters. The van der Waals surface area contributed by atoms with Crippen LogP contribution in [0.5, 0.6) is 5.75 Å². The highest BCUT2D eigenvalue weighted by Gasteiger charge is 2.47. The first-order valence-electron chi connectivity index (χ1n) is 6.40. The minimum Gasteiger partial charge on any atom is -0.496 e. The molecule has 1 amide bonds. The van der Waals surface area contributed by atoms with Gasteiger partial charge in [0.05, 0.1) is 13.7 Å². The van der Waals surface area contributed by atoms with Gasteiger partial charge in [-0.2, -0.15) is 0 Å². The first-order chi connectivity index (χ1) is 8.72. The van der Waals surface area contributed by atoms with Crippen LogP contribution in [0.1, 0.15) is 25.1 Å². The van der Waals surface area contributed by atoms with Crippen molar-refractivity contribution < 1.29 is 9.53 Å². The smallest absolute Gasteiger partial charge is 0.238 e. The number of nitrogens with zero attached hydrogens (tertiary/aromatic N) is 1. The zero-order valence-corrected chi connectivity index (χ0v) is 10.7. The van der Waals surface area contributed by atoms with E-state index in [9.17, 15) is 4.79 Å². The van der Waals surface area contributed by atoms with E-state index in [-0.39, 0.29) is 12.1 Å². The Labute approximate surface area is 107 Å². The van der Waals surface area contributed by atoms with Gasteiger partial charge in [0.1, 0.15) is 11.9 Å². The van der Waals surface area contributed by atoms with Gasteiger partial charge in [-0.25, -0.2) is 0 Å². The van der Waals surface area contributed by atoms with Crippen molar-refractivity contribution in [2.75, 3.05) is 13.7 Å². The first-order valence-corrected chi connectivity index (χ1v) is 6.40. The number of carbonyl (C=O) groups is 1. The third-order valence-corrected chi connectivity index (χ3v) is 3.87. The lowest BCUT2D eigenvalue weighted by atomic mass is 10.1. The van der Waals surface area contributed by atoms with E-state index < -0.39 is 0 Å². The molecule has 1 aliphatic carbocycles. The Morgan fingerprint density at radius 1 is 1.39 bits per heavy atom. The van der Waals surface area contributed by atoms with Gasteiger partial charge in [-0.3, -0.25) is 10.1 Å². The molecule has 3 rings (SSSR count). The molecule has 1 saturated heterocycles.